The highest BCUT2D eigenvalue weighted by atomic mass is 16.3. The van der Waals surface area contributed by atoms with Crippen molar-refractivity contribution in [1.82, 2.24) is 5.32 Å². The Morgan fingerprint density at radius 1 is 0.297 bits per heavy atom. The van der Waals surface area contributed by atoms with Crippen molar-refractivity contribution < 1.29 is 14.7 Å². The molecule has 0 spiro atoms. The molecule has 0 aliphatic heterocycles. The molecule has 0 aliphatic carbocycles. The highest BCUT2D eigenvalue weighted by molar-refractivity contribution is 5.78. The Bertz CT molecular complexity index is 1090. The molecule has 0 rings (SSSR count). The molecule has 74 heavy (non-hydrogen) atoms. The number of hydrogen-bond acceptors (Lipinski definition) is 3. The van der Waals surface area contributed by atoms with E-state index in [-0.39, 0.29) is 18.6 Å². The summed E-state index contributed by atoms with van der Waals surface area (Å²) in [5.41, 5.74) is 0. The first-order chi connectivity index (χ1) is 36.6. The zero-order valence-corrected chi connectivity index (χ0v) is 51.0. The zero-order valence-electron chi connectivity index (χ0n) is 51.0. The van der Waals surface area contributed by atoms with Crippen LogP contribution in [0.15, 0.2) is 12.2 Å². The molecule has 4 heteroatoms. The van der Waals surface area contributed by atoms with Crippen LogP contribution in [0.3, 0.4) is 0 Å². The number of Topliss-reactive ketones (excluding diaryl/α,β-unsaturated/α-hetero) is 1. The monoisotopic (exact) mass is 1040 g/mol. The van der Waals surface area contributed by atoms with Crippen LogP contribution in [0, 0.1) is 0 Å². The fourth-order valence-corrected chi connectivity index (χ4v) is 11.3. The van der Waals surface area contributed by atoms with E-state index in [1.807, 2.05) is 0 Å². The van der Waals surface area contributed by atoms with Gasteiger partial charge in [0, 0.05) is 19.3 Å². The van der Waals surface area contributed by atoms with E-state index in [9.17, 15) is 14.7 Å². The predicted octanol–water partition coefficient (Wildman–Crippen LogP) is 23.8. The van der Waals surface area contributed by atoms with Crippen molar-refractivity contribution in [3.63, 3.8) is 0 Å². The van der Waals surface area contributed by atoms with Crippen LogP contribution in [-0.4, -0.2) is 29.4 Å². The molecule has 0 bridgehead atoms. The van der Waals surface area contributed by atoms with Crippen LogP contribution in [0.2, 0.25) is 0 Å². The summed E-state index contributed by atoms with van der Waals surface area (Å²) in [4.78, 5) is 24.8. The first-order valence-corrected chi connectivity index (χ1v) is 34.7. The predicted molar refractivity (Wildman–Crippen MR) is 331 cm³/mol. The van der Waals surface area contributed by atoms with Crippen LogP contribution in [0.5, 0.6) is 0 Å². The number of aliphatic hydroxyl groups is 1. The van der Waals surface area contributed by atoms with Crippen LogP contribution >= 0.6 is 0 Å². The van der Waals surface area contributed by atoms with Gasteiger partial charge in [-0.1, -0.05) is 353 Å². The second-order valence-corrected chi connectivity index (χ2v) is 24.2. The third-order valence-corrected chi connectivity index (χ3v) is 16.6. The van der Waals surface area contributed by atoms with E-state index >= 15 is 0 Å². The topological polar surface area (TPSA) is 66.4 Å². The molecular formula is C70H137NO3. The number of hydrogen-bond donors (Lipinski definition) is 2. The summed E-state index contributed by atoms with van der Waals surface area (Å²) in [6.45, 7) is 4.65. The van der Waals surface area contributed by atoms with Gasteiger partial charge in [0.1, 0.15) is 5.78 Å². The number of unbranched alkanes of at least 4 members (excludes halogenated alkanes) is 54. The van der Waals surface area contributed by atoms with Crippen LogP contribution < -0.4 is 5.32 Å². The number of amides is 1. The summed E-state index contributed by atoms with van der Waals surface area (Å²) in [6.07, 6.45) is 86.7. The lowest BCUT2D eigenvalue weighted by molar-refractivity contribution is -0.122. The Balaban J connectivity index is 3.27. The summed E-state index contributed by atoms with van der Waals surface area (Å²) >= 11 is 0. The van der Waals surface area contributed by atoms with Crippen LogP contribution in [0.1, 0.15) is 412 Å². The first kappa shape index (κ1) is 72.8. The molecule has 2 N–H and O–H groups in total. The van der Waals surface area contributed by atoms with E-state index in [1.165, 1.54) is 340 Å². The Hall–Kier alpha value is -1.16. The largest absolute Gasteiger partial charge is 0.394 e. The summed E-state index contributed by atoms with van der Waals surface area (Å²) in [6, 6.07) is -0.0594. The molecule has 0 radical (unpaired) electrons. The number of rotatable bonds is 66. The molecule has 0 fully saturated rings. The van der Waals surface area contributed by atoms with Gasteiger partial charge in [-0.15, -0.1) is 0 Å². The van der Waals surface area contributed by atoms with Gasteiger partial charge in [0.2, 0.25) is 5.91 Å². The molecule has 1 amide bonds. The van der Waals surface area contributed by atoms with Crippen molar-refractivity contribution in [2.75, 3.05) is 6.61 Å². The second-order valence-electron chi connectivity index (χ2n) is 24.2. The number of nitrogens with one attached hydrogen (secondary N) is 1. The molecule has 0 aromatic carbocycles. The van der Waals surface area contributed by atoms with Gasteiger partial charge in [-0.05, 0) is 51.4 Å². The van der Waals surface area contributed by atoms with Crippen molar-refractivity contribution >= 4 is 11.7 Å². The molecule has 0 aliphatic rings. The lowest BCUT2D eigenvalue weighted by Gasteiger charge is -2.16. The van der Waals surface area contributed by atoms with Gasteiger partial charge in [0.05, 0.1) is 12.6 Å². The molecule has 0 aromatic heterocycles. The zero-order chi connectivity index (χ0) is 53.4. The molecular weight excluding hydrogens is 903 g/mol. The third kappa shape index (κ3) is 63.4. The molecule has 0 heterocycles. The number of carbonyl (C=O) groups is 2. The molecule has 0 aromatic rings. The Kier molecular flexibility index (Phi) is 65.1. The van der Waals surface area contributed by atoms with Crippen molar-refractivity contribution in [3.8, 4) is 0 Å². The summed E-state index contributed by atoms with van der Waals surface area (Å²) < 4.78 is 0. The first-order valence-electron chi connectivity index (χ1n) is 34.7. The van der Waals surface area contributed by atoms with Crippen LogP contribution in [0.25, 0.3) is 0 Å². The standard InChI is InChI=1S/C70H137NO3/c1-3-5-7-9-11-13-15-17-19-20-30-33-36-40-44-48-52-56-60-64-69(73)65-61-57-53-49-45-41-37-34-31-28-26-24-22-21-23-25-27-29-32-35-38-42-46-50-54-58-62-66-70(74)71-68(67-72)63-59-55-51-47-43-39-18-16-14-12-10-8-6-4-2/h17,19,68,72H,3-16,18,20-67H2,1-2H3,(H,71,74)/t68-/m0/s1. The van der Waals surface area contributed by atoms with Gasteiger partial charge in [0.25, 0.3) is 0 Å². The van der Waals surface area contributed by atoms with Crippen LogP contribution in [-0.2, 0) is 9.59 Å². The van der Waals surface area contributed by atoms with Gasteiger partial charge in [-0.3, -0.25) is 9.59 Å². The van der Waals surface area contributed by atoms with Crippen molar-refractivity contribution in [1.29, 1.82) is 0 Å². The van der Waals surface area contributed by atoms with Crippen molar-refractivity contribution in [2.45, 2.75) is 418 Å². The fourth-order valence-electron chi connectivity index (χ4n) is 11.3. The third-order valence-electron chi connectivity index (χ3n) is 16.6. The van der Waals surface area contributed by atoms with Gasteiger partial charge < -0.3 is 10.4 Å². The Morgan fingerprint density at radius 2 is 0.514 bits per heavy atom. The molecule has 1 atom stereocenters. The lowest BCUT2D eigenvalue weighted by Crippen LogP contribution is -2.37. The van der Waals surface area contributed by atoms with E-state index < -0.39 is 0 Å². The minimum Gasteiger partial charge on any atom is -0.394 e. The van der Waals surface area contributed by atoms with E-state index in [2.05, 4.69) is 31.3 Å². The summed E-state index contributed by atoms with van der Waals surface area (Å²) in [7, 11) is 0. The van der Waals surface area contributed by atoms with Gasteiger partial charge in [0.15, 0.2) is 0 Å². The maximum Gasteiger partial charge on any atom is 0.220 e. The minimum absolute atomic E-state index is 0.0594. The van der Waals surface area contributed by atoms with E-state index in [0.717, 1.165) is 51.4 Å². The number of carbonyl (C=O) groups excluding carboxylic acids is 2. The maximum atomic E-state index is 12.5. The minimum atomic E-state index is -0.0594. The molecule has 440 valence electrons. The summed E-state index contributed by atoms with van der Waals surface area (Å²) in [5.74, 6) is 0.656. The second kappa shape index (κ2) is 66.1. The van der Waals surface area contributed by atoms with Crippen LogP contribution in [0.4, 0.5) is 0 Å². The molecule has 0 saturated heterocycles. The van der Waals surface area contributed by atoms with E-state index in [1.54, 1.807) is 0 Å². The van der Waals surface area contributed by atoms with E-state index in [0.29, 0.717) is 12.2 Å². The average molecular weight is 1040 g/mol. The van der Waals surface area contributed by atoms with Crippen molar-refractivity contribution in [2.24, 2.45) is 0 Å². The highest BCUT2D eigenvalue weighted by Crippen LogP contribution is 2.19. The van der Waals surface area contributed by atoms with E-state index in [4.69, 9.17) is 0 Å². The quantitative estimate of drug-likeness (QED) is 0.0471. The molecule has 0 saturated carbocycles. The molecule has 0 unspecified atom stereocenters. The SMILES string of the molecule is CCCCCCCCC=CCCCCCCCCCCCC(=O)CCCCCCCCCCCCCCCCCCCCCCCCCCCCCC(=O)N[C@H](CO)CCCCCCCCCCCCCCCC. The van der Waals surface area contributed by atoms with Gasteiger partial charge >= 0.3 is 0 Å². The normalized spacial score (nSPS) is 12.1. The highest BCUT2D eigenvalue weighted by Gasteiger charge is 2.11. The average Bonchev–Trinajstić information content (AvgIpc) is 3.40. The fraction of sp³-hybridized carbons (Fsp3) is 0.943. The smallest absolute Gasteiger partial charge is 0.220 e. The number of allylic oxidation sites excluding steroid dienone is 2. The Labute approximate surface area is 466 Å². The van der Waals surface area contributed by atoms with Gasteiger partial charge in [-0.25, -0.2) is 0 Å². The van der Waals surface area contributed by atoms with Crippen molar-refractivity contribution in [3.05, 3.63) is 12.2 Å². The summed E-state index contributed by atoms with van der Waals surface area (Å²) in [5, 5.41) is 12.9. The van der Waals surface area contributed by atoms with Gasteiger partial charge in [-0.2, -0.15) is 0 Å². The number of aliphatic hydroxyl groups excluding tert-OH is 1. The Morgan fingerprint density at radius 3 is 0.770 bits per heavy atom. The number of ketones is 1. The lowest BCUT2D eigenvalue weighted by atomic mass is 10.0. The molecule has 4 nitrogen and oxygen atoms in total. The maximum absolute atomic E-state index is 12.5.